The van der Waals surface area contributed by atoms with Crippen molar-refractivity contribution in [2.45, 2.75) is 44.4 Å². The first-order chi connectivity index (χ1) is 13.2. The van der Waals surface area contributed by atoms with Gasteiger partial charge in [0.15, 0.2) is 0 Å². The molecular weight excluding hydrogens is 340 g/mol. The minimum atomic E-state index is -0.250. The Balaban J connectivity index is 1.49. The number of rotatable bonds is 3. The van der Waals surface area contributed by atoms with Gasteiger partial charge in [0.1, 0.15) is 12.7 Å². The van der Waals surface area contributed by atoms with E-state index in [2.05, 4.69) is 16.0 Å². The van der Waals surface area contributed by atoms with Gasteiger partial charge in [0.05, 0.1) is 6.04 Å². The van der Waals surface area contributed by atoms with Gasteiger partial charge < -0.3 is 4.74 Å². The minimum Gasteiger partial charge on any atom is -0.445 e. The standard InChI is InChI=1S/C21H20N4O2/c22-11-20-23-12-17(13-24-20)16-9-18-7-4-8-19(10-16)25(18)21(26)27-14-15-5-2-1-3-6-15/h1-3,5-6,9,12-13,18-19H,4,7-8,10,14H2. The number of benzene rings is 1. The van der Waals surface area contributed by atoms with E-state index in [4.69, 9.17) is 10.00 Å². The molecule has 1 amide bonds. The van der Waals surface area contributed by atoms with Crippen LogP contribution in [-0.4, -0.2) is 33.0 Å². The molecule has 0 aliphatic carbocycles. The molecule has 4 rings (SSSR count). The predicted molar refractivity (Wildman–Crippen MR) is 99.2 cm³/mol. The zero-order valence-electron chi connectivity index (χ0n) is 14.9. The van der Waals surface area contributed by atoms with Crippen molar-refractivity contribution in [2.75, 3.05) is 0 Å². The Bertz CT molecular complexity index is 887. The van der Waals surface area contributed by atoms with E-state index >= 15 is 0 Å². The molecule has 136 valence electrons. The smallest absolute Gasteiger partial charge is 0.410 e. The summed E-state index contributed by atoms with van der Waals surface area (Å²) in [5, 5.41) is 8.85. The van der Waals surface area contributed by atoms with Crippen molar-refractivity contribution in [3.63, 3.8) is 0 Å². The normalized spacial score (nSPS) is 21.1. The van der Waals surface area contributed by atoms with Crippen molar-refractivity contribution in [3.05, 3.63) is 65.8 Å². The summed E-state index contributed by atoms with van der Waals surface area (Å²) in [6.07, 6.45) is 9.01. The lowest BCUT2D eigenvalue weighted by Gasteiger charge is -2.44. The number of carbonyl (C=O) groups is 1. The summed E-state index contributed by atoms with van der Waals surface area (Å²) in [4.78, 5) is 22.7. The molecular formula is C21H20N4O2. The molecule has 2 unspecified atom stereocenters. The van der Waals surface area contributed by atoms with Gasteiger partial charge in [0, 0.05) is 24.0 Å². The summed E-state index contributed by atoms with van der Waals surface area (Å²) in [7, 11) is 0. The zero-order chi connectivity index (χ0) is 18.6. The number of hydrogen-bond acceptors (Lipinski definition) is 5. The van der Waals surface area contributed by atoms with Gasteiger partial charge in [0.25, 0.3) is 0 Å². The highest BCUT2D eigenvalue weighted by atomic mass is 16.6. The molecule has 2 aliphatic rings. The number of ether oxygens (including phenoxy) is 1. The number of fused-ring (bicyclic) bond motifs is 2. The number of nitrogens with zero attached hydrogens (tertiary/aromatic N) is 4. The van der Waals surface area contributed by atoms with Crippen LogP contribution in [0.5, 0.6) is 0 Å². The van der Waals surface area contributed by atoms with Gasteiger partial charge in [-0.15, -0.1) is 0 Å². The fourth-order valence-corrected chi connectivity index (χ4v) is 3.87. The highest BCUT2D eigenvalue weighted by molar-refractivity contribution is 5.74. The lowest BCUT2D eigenvalue weighted by molar-refractivity contribution is 0.0510. The molecule has 2 atom stereocenters. The summed E-state index contributed by atoms with van der Waals surface area (Å²) in [5.74, 6) is 0.168. The van der Waals surface area contributed by atoms with E-state index in [1.165, 1.54) is 0 Å². The second-order valence-corrected chi connectivity index (χ2v) is 6.90. The van der Waals surface area contributed by atoms with Crippen molar-refractivity contribution in [1.29, 1.82) is 5.26 Å². The van der Waals surface area contributed by atoms with Crippen molar-refractivity contribution < 1.29 is 9.53 Å². The molecule has 1 fully saturated rings. The fourth-order valence-electron chi connectivity index (χ4n) is 3.87. The van der Waals surface area contributed by atoms with Crippen LogP contribution in [0.1, 0.15) is 42.6 Å². The molecule has 0 saturated carbocycles. The van der Waals surface area contributed by atoms with Crippen molar-refractivity contribution in [3.8, 4) is 6.07 Å². The molecule has 3 heterocycles. The monoisotopic (exact) mass is 360 g/mol. The third-order valence-electron chi connectivity index (χ3n) is 5.18. The quantitative estimate of drug-likeness (QED) is 0.834. The number of piperidine rings is 1. The van der Waals surface area contributed by atoms with Gasteiger partial charge in [0.2, 0.25) is 5.82 Å². The van der Waals surface area contributed by atoms with Crippen LogP contribution in [0.2, 0.25) is 0 Å². The fraction of sp³-hybridized carbons (Fsp3) is 0.333. The number of nitriles is 1. The van der Waals surface area contributed by atoms with Crippen molar-refractivity contribution in [1.82, 2.24) is 14.9 Å². The van der Waals surface area contributed by atoms with Gasteiger partial charge >= 0.3 is 6.09 Å². The van der Waals surface area contributed by atoms with E-state index in [9.17, 15) is 4.79 Å². The lowest BCUT2D eigenvalue weighted by Crippen LogP contribution is -2.51. The Morgan fingerprint density at radius 3 is 2.70 bits per heavy atom. The molecule has 2 bridgehead atoms. The van der Waals surface area contributed by atoms with E-state index in [0.29, 0.717) is 0 Å². The molecule has 2 aliphatic heterocycles. The largest absolute Gasteiger partial charge is 0.445 e. The van der Waals surface area contributed by atoms with Crippen molar-refractivity contribution in [2.24, 2.45) is 0 Å². The molecule has 27 heavy (non-hydrogen) atoms. The number of hydrogen-bond donors (Lipinski definition) is 0. The Kier molecular flexibility index (Phi) is 4.84. The highest BCUT2D eigenvalue weighted by Gasteiger charge is 2.38. The molecule has 2 aromatic rings. The van der Waals surface area contributed by atoms with E-state index in [-0.39, 0.29) is 30.6 Å². The van der Waals surface area contributed by atoms with Gasteiger partial charge in [-0.1, -0.05) is 36.4 Å². The molecule has 1 aromatic carbocycles. The molecule has 0 N–H and O–H groups in total. The SMILES string of the molecule is N#Cc1ncc(C2=CC3CCCC(C2)N3C(=O)OCc2ccccc2)cn1. The van der Waals surface area contributed by atoms with Crippen LogP contribution < -0.4 is 0 Å². The second kappa shape index (κ2) is 7.58. The maximum absolute atomic E-state index is 12.7. The summed E-state index contributed by atoms with van der Waals surface area (Å²) in [6.45, 7) is 0.287. The number of aromatic nitrogens is 2. The maximum atomic E-state index is 12.7. The number of amides is 1. The molecule has 6 nitrogen and oxygen atoms in total. The van der Waals surface area contributed by atoms with Crippen LogP contribution in [0.3, 0.4) is 0 Å². The van der Waals surface area contributed by atoms with E-state index in [1.54, 1.807) is 12.4 Å². The predicted octanol–water partition coefficient (Wildman–Crippen LogP) is 3.70. The van der Waals surface area contributed by atoms with Gasteiger partial charge in [-0.2, -0.15) is 5.26 Å². The Hall–Kier alpha value is -3.20. The van der Waals surface area contributed by atoms with Crippen LogP contribution in [0.15, 0.2) is 48.8 Å². The third kappa shape index (κ3) is 3.68. The summed E-state index contributed by atoms with van der Waals surface area (Å²) < 4.78 is 5.57. The highest BCUT2D eigenvalue weighted by Crippen LogP contribution is 2.37. The molecule has 1 saturated heterocycles. The first kappa shape index (κ1) is 17.2. The van der Waals surface area contributed by atoms with Crippen molar-refractivity contribution >= 4 is 11.7 Å². The van der Waals surface area contributed by atoms with Gasteiger partial charge in [-0.25, -0.2) is 14.8 Å². The summed E-state index contributed by atoms with van der Waals surface area (Å²) in [6, 6.07) is 11.8. The van der Waals surface area contributed by atoms with Gasteiger partial charge in [-0.3, -0.25) is 4.90 Å². The Morgan fingerprint density at radius 1 is 1.22 bits per heavy atom. The molecule has 0 radical (unpaired) electrons. The zero-order valence-corrected chi connectivity index (χ0v) is 14.9. The number of carbonyl (C=O) groups excluding carboxylic acids is 1. The van der Waals surface area contributed by atoms with Crippen LogP contribution in [-0.2, 0) is 11.3 Å². The topological polar surface area (TPSA) is 79.1 Å². The van der Waals surface area contributed by atoms with Crippen LogP contribution in [0, 0.1) is 11.3 Å². The van der Waals surface area contributed by atoms with E-state index in [0.717, 1.165) is 42.4 Å². The third-order valence-corrected chi connectivity index (χ3v) is 5.18. The van der Waals surface area contributed by atoms with Gasteiger partial charge in [-0.05, 0) is 36.8 Å². The summed E-state index contributed by atoms with van der Waals surface area (Å²) >= 11 is 0. The van der Waals surface area contributed by atoms with E-state index in [1.807, 2.05) is 41.3 Å². The summed E-state index contributed by atoms with van der Waals surface area (Å²) in [5.41, 5.74) is 3.04. The average molecular weight is 360 g/mol. The second-order valence-electron chi connectivity index (χ2n) is 6.90. The molecule has 0 spiro atoms. The van der Waals surface area contributed by atoms with Crippen LogP contribution in [0.25, 0.3) is 5.57 Å². The molecule has 6 heteroatoms. The first-order valence-corrected chi connectivity index (χ1v) is 9.17. The average Bonchev–Trinajstić information content (AvgIpc) is 2.72. The molecule has 1 aromatic heterocycles. The van der Waals surface area contributed by atoms with E-state index < -0.39 is 0 Å². The lowest BCUT2D eigenvalue weighted by atomic mass is 9.83. The van der Waals surface area contributed by atoms with Crippen LogP contribution >= 0.6 is 0 Å². The Morgan fingerprint density at radius 2 is 2.00 bits per heavy atom. The van der Waals surface area contributed by atoms with Crippen LogP contribution in [0.4, 0.5) is 4.79 Å². The minimum absolute atomic E-state index is 0.0337. The first-order valence-electron chi connectivity index (χ1n) is 9.17. The Labute approximate surface area is 158 Å². The maximum Gasteiger partial charge on any atom is 0.410 e.